The van der Waals surface area contributed by atoms with E-state index in [0.717, 1.165) is 9.78 Å². The zero-order valence-corrected chi connectivity index (χ0v) is 18.9. The predicted molar refractivity (Wildman–Crippen MR) is 125 cm³/mol. The first-order chi connectivity index (χ1) is 15.9. The van der Waals surface area contributed by atoms with E-state index in [0.29, 0.717) is 22.8 Å². The molecule has 0 saturated carbocycles. The monoisotopic (exact) mass is 482 g/mol. The summed E-state index contributed by atoms with van der Waals surface area (Å²) < 4.78 is 5.09. The molecule has 1 atom stereocenters. The number of hydrogen-bond donors (Lipinski definition) is 1. The lowest BCUT2D eigenvalue weighted by molar-refractivity contribution is -0.121. The second-order valence-electron chi connectivity index (χ2n) is 7.34. The normalized spacial score (nSPS) is 15.7. The molecule has 0 spiro atoms. The molecule has 0 aliphatic carbocycles. The minimum absolute atomic E-state index is 0.0702. The van der Waals surface area contributed by atoms with Gasteiger partial charge in [-0.05, 0) is 60.0 Å². The van der Waals surface area contributed by atoms with Crippen molar-refractivity contribution < 1.29 is 23.9 Å². The number of nitrogens with zero attached hydrogens (tertiary/aromatic N) is 1. The van der Waals surface area contributed by atoms with Crippen LogP contribution in [0.25, 0.3) is 0 Å². The van der Waals surface area contributed by atoms with Crippen molar-refractivity contribution in [2.45, 2.75) is 19.0 Å². The van der Waals surface area contributed by atoms with Crippen molar-refractivity contribution in [2.24, 2.45) is 0 Å². The van der Waals surface area contributed by atoms with Crippen molar-refractivity contribution in [2.75, 3.05) is 11.5 Å². The Labute approximate surface area is 198 Å². The fourth-order valence-electron chi connectivity index (χ4n) is 3.38. The van der Waals surface area contributed by atoms with Crippen molar-refractivity contribution in [3.05, 3.63) is 87.1 Å². The van der Waals surface area contributed by atoms with Crippen molar-refractivity contribution >= 4 is 52.2 Å². The van der Waals surface area contributed by atoms with Gasteiger partial charge in [-0.25, -0.2) is 9.69 Å². The van der Waals surface area contributed by atoms with Gasteiger partial charge < -0.3 is 10.1 Å². The molecule has 0 bridgehead atoms. The Morgan fingerprint density at radius 3 is 2.39 bits per heavy atom. The Kier molecular flexibility index (Phi) is 6.98. The Hall–Kier alpha value is -3.33. The zero-order valence-electron chi connectivity index (χ0n) is 17.3. The summed E-state index contributed by atoms with van der Waals surface area (Å²) in [6, 6.07) is 15.5. The summed E-state index contributed by atoms with van der Waals surface area (Å²) in [5, 5.41) is 5.57. The molecule has 3 aromatic rings. The number of halogens is 1. The molecule has 33 heavy (non-hydrogen) atoms. The number of benzene rings is 2. The van der Waals surface area contributed by atoms with Crippen LogP contribution in [0.3, 0.4) is 0 Å². The summed E-state index contributed by atoms with van der Waals surface area (Å²) in [5.41, 5.74) is 0.962. The van der Waals surface area contributed by atoms with E-state index >= 15 is 0 Å². The molecule has 2 heterocycles. The molecule has 1 aliphatic heterocycles. The highest BCUT2D eigenvalue weighted by atomic mass is 35.5. The summed E-state index contributed by atoms with van der Waals surface area (Å²) >= 11 is 7.37. The van der Waals surface area contributed by atoms with E-state index in [1.807, 2.05) is 17.5 Å². The van der Waals surface area contributed by atoms with Crippen molar-refractivity contribution in [3.8, 4) is 0 Å². The van der Waals surface area contributed by atoms with Gasteiger partial charge in [-0.15, -0.1) is 11.3 Å². The molecule has 7 nitrogen and oxygen atoms in total. The number of anilines is 1. The van der Waals surface area contributed by atoms with Crippen molar-refractivity contribution in [3.63, 3.8) is 0 Å². The van der Waals surface area contributed by atoms with Gasteiger partial charge in [0.1, 0.15) is 0 Å². The first kappa shape index (κ1) is 22.8. The lowest BCUT2D eigenvalue weighted by Gasteiger charge is -2.16. The van der Waals surface area contributed by atoms with Crippen LogP contribution in [-0.2, 0) is 20.9 Å². The highest BCUT2D eigenvalue weighted by molar-refractivity contribution is 7.09. The third-order valence-corrected chi connectivity index (χ3v) is 6.24. The van der Waals surface area contributed by atoms with E-state index in [2.05, 4.69) is 5.32 Å². The van der Waals surface area contributed by atoms with E-state index in [1.54, 1.807) is 35.6 Å². The molecule has 4 rings (SSSR count). The number of carbonyl (C=O) groups excluding carboxylic acids is 4. The first-order valence-electron chi connectivity index (χ1n) is 10.1. The number of thiophene rings is 1. The van der Waals surface area contributed by atoms with Crippen LogP contribution in [0.1, 0.15) is 32.0 Å². The number of nitrogens with one attached hydrogen (secondary N) is 1. The third kappa shape index (κ3) is 5.36. The number of hydrogen-bond acceptors (Lipinski definition) is 7. The molecule has 1 aromatic heterocycles. The van der Waals surface area contributed by atoms with Crippen LogP contribution < -0.4 is 10.2 Å². The number of imide groups is 1. The van der Waals surface area contributed by atoms with Gasteiger partial charge in [0.2, 0.25) is 5.91 Å². The van der Waals surface area contributed by atoms with Crippen LogP contribution >= 0.6 is 22.9 Å². The highest BCUT2D eigenvalue weighted by Crippen LogP contribution is 2.24. The molecule has 1 fully saturated rings. The Morgan fingerprint density at radius 1 is 1.03 bits per heavy atom. The van der Waals surface area contributed by atoms with Crippen molar-refractivity contribution in [1.29, 1.82) is 0 Å². The van der Waals surface area contributed by atoms with Crippen molar-refractivity contribution in [1.82, 2.24) is 5.32 Å². The molecule has 2 amide bonds. The van der Waals surface area contributed by atoms with E-state index in [9.17, 15) is 19.2 Å². The topological polar surface area (TPSA) is 92.8 Å². The molecular weight excluding hydrogens is 464 g/mol. The Bertz CT molecular complexity index is 1180. The van der Waals surface area contributed by atoms with Gasteiger partial charge in [-0.3, -0.25) is 14.4 Å². The average molecular weight is 483 g/mol. The predicted octanol–water partition coefficient (Wildman–Crippen LogP) is 3.86. The van der Waals surface area contributed by atoms with E-state index in [-0.39, 0.29) is 29.6 Å². The number of rotatable bonds is 8. The van der Waals surface area contributed by atoms with E-state index in [1.165, 1.54) is 24.3 Å². The molecule has 2 aromatic carbocycles. The highest BCUT2D eigenvalue weighted by Gasteiger charge is 2.39. The minimum atomic E-state index is -0.682. The molecule has 1 aliphatic rings. The lowest BCUT2D eigenvalue weighted by Crippen LogP contribution is -2.38. The number of esters is 1. The molecule has 9 heteroatoms. The maximum atomic E-state index is 12.7. The maximum absolute atomic E-state index is 12.7. The summed E-state index contributed by atoms with van der Waals surface area (Å²) in [7, 11) is 0. The van der Waals surface area contributed by atoms with Crippen LogP contribution in [0, 0.1) is 0 Å². The van der Waals surface area contributed by atoms with Gasteiger partial charge >= 0.3 is 5.97 Å². The van der Waals surface area contributed by atoms with Crippen LogP contribution in [0.15, 0.2) is 66.0 Å². The van der Waals surface area contributed by atoms with Gasteiger partial charge in [-0.2, -0.15) is 0 Å². The second-order valence-corrected chi connectivity index (χ2v) is 8.81. The number of ketones is 1. The third-order valence-electron chi connectivity index (χ3n) is 5.11. The fourth-order valence-corrected chi connectivity index (χ4v) is 4.16. The standard InChI is InChI=1S/C24H19ClN2O5S/c25-17-7-3-15(4-8-17)21(28)14-32-24(31)16-5-9-18(10-6-16)27-22(29)12-20(23(27)30)26-13-19-2-1-11-33-19/h1-11,20,26H,12-14H2. The zero-order chi connectivity index (χ0) is 23.4. The molecule has 1 saturated heterocycles. The summed E-state index contributed by atoms with van der Waals surface area (Å²) in [6.07, 6.45) is 0.0702. The van der Waals surface area contributed by atoms with E-state index < -0.39 is 18.6 Å². The van der Waals surface area contributed by atoms with Gasteiger partial charge in [-0.1, -0.05) is 17.7 Å². The second kappa shape index (κ2) is 10.1. The quantitative estimate of drug-likeness (QED) is 0.298. The average Bonchev–Trinajstić information content (AvgIpc) is 3.44. The van der Waals surface area contributed by atoms with Crippen LogP contribution in [0.2, 0.25) is 5.02 Å². The number of amides is 2. The molecular formula is C24H19ClN2O5S. The smallest absolute Gasteiger partial charge is 0.338 e. The first-order valence-corrected chi connectivity index (χ1v) is 11.4. The summed E-state index contributed by atoms with van der Waals surface area (Å²) in [4.78, 5) is 51.8. The van der Waals surface area contributed by atoms with Gasteiger partial charge in [0, 0.05) is 22.0 Å². The minimum Gasteiger partial charge on any atom is -0.454 e. The van der Waals surface area contributed by atoms with Crippen LogP contribution in [0.4, 0.5) is 5.69 Å². The SMILES string of the molecule is O=C(COC(=O)c1ccc(N2C(=O)CC(NCc3cccs3)C2=O)cc1)c1ccc(Cl)cc1. The largest absolute Gasteiger partial charge is 0.454 e. The number of Topliss-reactive ketones (excluding diaryl/α,β-unsaturated/α-hetero) is 1. The lowest BCUT2D eigenvalue weighted by atomic mass is 10.1. The fraction of sp³-hybridized carbons (Fsp3) is 0.167. The molecule has 1 unspecified atom stereocenters. The molecule has 0 radical (unpaired) electrons. The van der Waals surface area contributed by atoms with Crippen LogP contribution in [0.5, 0.6) is 0 Å². The van der Waals surface area contributed by atoms with Gasteiger partial charge in [0.15, 0.2) is 12.4 Å². The molecule has 168 valence electrons. The molecule has 1 N–H and O–H groups in total. The Balaban J connectivity index is 1.34. The number of ether oxygens (including phenoxy) is 1. The Morgan fingerprint density at radius 2 is 1.73 bits per heavy atom. The van der Waals surface area contributed by atoms with Gasteiger partial charge in [0.05, 0.1) is 23.7 Å². The van der Waals surface area contributed by atoms with Gasteiger partial charge in [0.25, 0.3) is 5.91 Å². The maximum Gasteiger partial charge on any atom is 0.338 e. The number of carbonyl (C=O) groups is 4. The summed E-state index contributed by atoms with van der Waals surface area (Å²) in [6.45, 7) is 0.0949. The van der Waals surface area contributed by atoms with Crippen LogP contribution in [-0.4, -0.2) is 36.2 Å². The van der Waals surface area contributed by atoms with E-state index in [4.69, 9.17) is 16.3 Å². The summed E-state index contributed by atoms with van der Waals surface area (Å²) in [5.74, 6) is -1.68.